The van der Waals surface area contributed by atoms with E-state index in [1.54, 1.807) is 24.3 Å². The Morgan fingerprint density at radius 1 is 0.926 bits per heavy atom. The number of aromatic nitrogens is 2. The van der Waals surface area contributed by atoms with Crippen molar-refractivity contribution in [1.82, 2.24) is 9.13 Å². The van der Waals surface area contributed by atoms with Gasteiger partial charge in [-0.1, -0.05) is 42.5 Å². The second-order valence-electron chi connectivity index (χ2n) is 5.90. The molecule has 0 spiro atoms. The summed E-state index contributed by atoms with van der Waals surface area (Å²) in [6.07, 6.45) is 2.95. The van der Waals surface area contributed by atoms with Crippen LogP contribution < -0.4 is 21.2 Å². The zero-order valence-corrected chi connectivity index (χ0v) is 14.8. The van der Waals surface area contributed by atoms with E-state index in [1.165, 1.54) is 24.1 Å². The third-order valence-electron chi connectivity index (χ3n) is 4.02. The molecule has 1 aromatic heterocycles. The molecular formula is C20H19N3O4. The Morgan fingerprint density at radius 3 is 2.30 bits per heavy atom. The number of nitrogens with one attached hydrogen (secondary N) is 1. The summed E-state index contributed by atoms with van der Waals surface area (Å²) in [5.41, 5.74) is -0.0174. The van der Waals surface area contributed by atoms with Crippen LogP contribution in [0.4, 0.5) is 5.69 Å². The fourth-order valence-corrected chi connectivity index (χ4v) is 2.66. The summed E-state index contributed by atoms with van der Waals surface area (Å²) >= 11 is 0. The molecular weight excluding hydrogens is 346 g/mol. The van der Waals surface area contributed by atoms with Crippen molar-refractivity contribution in [2.75, 3.05) is 12.4 Å². The average molecular weight is 365 g/mol. The van der Waals surface area contributed by atoms with Gasteiger partial charge in [0, 0.05) is 12.4 Å². The third-order valence-corrected chi connectivity index (χ3v) is 4.02. The number of anilines is 1. The molecule has 0 aliphatic heterocycles. The number of rotatable bonds is 6. The van der Waals surface area contributed by atoms with Gasteiger partial charge < -0.3 is 14.6 Å². The minimum atomic E-state index is -0.747. The Balaban J connectivity index is 1.76. The summed E-state index contributed by atoms with van der Waals surface area (Å²) in [6.45, 7) is 0.0292. The average Bonchev–Trinajstić information content (AvgIpc) is 2.69. The second kappa shape index (κ2) is 8.18. The van der Waals surface area contributed by atoms with Crippen LogP contribution in [0.2, 0.25) is 0 Å². The van der Waals surface area contributed by atoms with Gasteiger partial charge in [0.25, 0.3) is 0 Å². The molecule has 27 heavy (non-hydrogen) atoms. The predicted molar refractivity (Wildman–Crippen MR) is 102 cm³/mol. The Hall–Kier alpha value is -3.61. The van der Waals surface area contributed by atoms with Crippen molar-refractivity contribution < 1.29 is 9.53 Å². The van der Waals surface area contributed by atoms with Crippen molar-refractivity contribution in [2.45, 2.75) is 13.1 Å². The van der Waals surface area contributed by atoms with Crippen LogP contribution in [0.15, 0.2) is 76.6 Å². The Bertz CT molecular complexity index is 1050. The van der Waals surface area contributed by atoms with Gasteiger partial charge in [-0.05, 0) is 17.7 Å². The van der Waals surface area contributed by atoms with Crippen LogP contribution in [0.3, 0.4) is 0 Å². The lowest BCUT2D eigenvalue weighted by Gasteiger charge is -2.11. The van der Waals surface area contributed by atoms with Crippen molar-refractivity contribution in [2.24, 2.45) is 0 Å². The molecule has 0 aliphatic rings. The normalized spacial score (nSPS) is 10.4. The fraction of sp³-hybridized carbons (Fsp3) is 0.150. The number of nitrogens with zero attached hydrogens (tertiary/aromatic N) is 2. The number of carbonyl (C=O) groups excluding carboxylic acids is 1. The van der Waals surface area contributed by atoms with E-state index in [-0.39, 0.29) is 6.54 Å². The van der Waals surface area contributed by atoms with Crippen molar-refractivity contribution in [3.63, 3.8) is 0 Å². The van der Waals surface area contributed by atoms with Crippen LogP contribution in [0.5, 0.6) is 5.75 Å². The van der Waals surface area contributed by atoms with Gasteiger partial charge in [0.1, 0.15) is 12.3 Å². The van der Waals surface area contributed by atoms with Gasteiger partial charge in [0.15, 0.2) is 0 Å². The molecule has 3 rings (SSSR count). The van der Waals surface area contributed by atoms with Gasteiger partial charge in [0.2, 0.25) is 5.91 Å². The smallest absolute Gasteiger partial charge is 0.316 e. The van der Waals surface area contributed by atoms with E-state index < -0.39 is 17.0 Å². The zero-order chi connectivity index (χ0) is 19.2. The number of hydrogen-bond acceptors (Lipinski definition) is 4. The third kappa shape index (κ3) is 4.33. The van der Waals surface area contributed by atoms with E-state index in [0.717, 1.165) is 10.1 Å². The lowest BCUT2D eigenvalue weighted by atomic mass is 10.2. The molecule has 7 nitrogen and oxygen atoms in total. The summed E-state index contributed by atoms with van der Waals surface area (Å²) < 4.78 is 7.59. The lowest BCUT2D eigenvalue weighted by Crippen LogP contribution is -2.42. The molecule has 0 atom stereocenters. The zero-order valence-electron chi connectivity index (χ0n) is 14.8. The number of hydrogen-bond donors (Lipinski definition) is 1. The van der Waals surface area contributed by atoms with Crippen molar-refractivity contribution in [1.29, 1.82) is 0 Å². The van der Waals surface area contributed by atoms with E-state index in [1.807, 2.05) is 30.3 Å². The first-order chi connectivity index (χ1) is 13.1. The Kier molecular flexibility index (Phi) is 5.51. The highest BCUT2D eigenvalue weighted by molar-refractivity contribution is 5.92. The molecule has 2 aromatic carbocycles. The predicted octanol–water partition coefficient (Wildman–Crippen LogP) is 1.71. The largest absolute Gasteiger partial charge is 0.495 e. The maximum absolute atomic E-state index is 12.3. The highest BCUT2D eigenvalue weighted by Gasteiger charge is 2.11. The van der Waals surface area contributed by atoms with Gasteiger partial charge in [-0.3, -0.25) is 19.0 Å². The summed E-state index contributed by atoms with van der Waals surface area (Å²) in [5, 5.41) is 2.68. The molecule has 3 aromatic rings. The highest BCUT2D eigenvalue weighted by atomic mass is 16.5. The van der Waals surface area contributed by atoms with E-state index >= 15 is 0 Å². The maximum atomic E-state index is 12.3. The molecule has 7 heteroatoms. The van der Waals surface area contributed by atoms with Crippen molar-refractivity contribution in [3.8, 4) is 5.75 Å². The molecule has 0 saturated heterocycles. The molecule has 1 amide bonds. The standard InChI is InChI=1S/C20H19N3O4/c1-27-17-10-6-5-9-16(17)21-18(24)14-23-12-11-22(19(25)20(23)26)13-15-7-3-2-4-8-15/h2-12H,13-14H2,1H3,(H,21,24). The molecule has 1 heterocycles. The van der Waals surface area contributed by atoms with Crippen LogP contribution in [0, 0.1) is 0 Å². The highest BCUT2D eigenvalue weighted by Crippen LogP contribution is 2.22. The molecule has 0 aliphatic carbocycles. The van der Waals surface area contributed by atoms with Crippen LogP contribution in [-0.4, -0.2) is 22.2 Å². The molecule has 0 saturated carbocycles. The molecule has 1 N–H and O–H groups in total. The maximum Gasteiger partial charge on any atom is 0.316 e. The first kappa shape index (κ1) is 18.2. The monoisotopic (exact) mass is 365 g/mol. The lowest BCUT2D eigenvalue weighted by molar-refractivity contribution is -0.116. The summed E-state index contributed by atoms with van der Waals surface area (Å²) in [5.74, 6) is 0.0817. The van der Waals surface area contributed by atoms with E-state index in [2.05, 4.69) is 5.32 Å². The minimum Gasteiger partial charge on any atom is -0.495 e. The second-order valence-corrected chi connectivity index (χ2v) is 5.90. The van der Waals surface area contributed by atoms with E-state index in [0.29, 0.717) is 18.0 Å². The minimum absolute atomic E-state index is 0.266. The number of para-hydroxylation sites is 2. The summed E-state index contributed by atoms with van der Waals surface area (Å²) in [7, 11) is 1.50. The number of methoxy groups -OCH3 is 1. The van der Waals surface area contributed by atoms with Crippen molar-refractivity contribution >= 4 is 11.6 Å². The molecule has 0 fully saturated rings. The van der Waals surface area contributed by atoms with Gasteiger partial charge in [-0.2, -0.15) is 0 Å². The summed E-state index contributed by atoms with van der Waals surface area (Å²) in [6, 6.07) is 16.3. The van der Waals surface area contributed by atoms with Gasteiger partial charge in [0.05, 0.1) is 19.3 Å². The van der Waals surface area contributed by atoms with Gasteiger partial charge in [-0.15, -0.1) is 0 Å². The number of benzene rings is 2. The van der Waals surface area contributed by atoms with Gasteiger partial charge >= 0.3 is 11.1 Å². The quantitative estimate of drug-likeness (QED) is 0.674. The Morgan fingerprint density at radius 2 is 1.56 bits per heavy atom. The van der Waals surface area contributed by atoms with E-state index in [4.69, 9.17) is 4.74 Å². The van der Waals surface area contributed by atoms with Crippen LogP contribution >= 0.6 is 0 Å². The van der Waals surface area contributed by atoms with Crippen molar-refractivity contribution in [3.05, 3.63) is 93.3 Å². The van der Waals surface area contributed by atoms with Crippen LogP contribution in [0.1, 0.15) is 5.56 Å². The number of amides is 1. The van der Waals surface area contributed by atoms with Crippen LogP contribution in [0.25, 0.3) is 0 Å². The first-order valence-corrected chi connectivity index (χ1v) is 8.35. The van der Waals surface area contributed by atoms with Crippen LogP contribution in [-0.2, 0) is 17.9 Å². The molecule has 0 unspecified atom stereocenters. The fourth-order valence-electron chi connectivity index (χ4n) is 2.66. The van der Waals surface area contributed by atoms with Gasteiger partial charge in [-0.25, -0.2) is 0 Å². The Labute approximate surface area is 155 Å². The topological polar surface area (TPSA) is 82.3 Å². The van der Waals surface area contributed by atoms with E-state index in [9.17, 15) is 14.4 Å². The molecule has 0 radical (unpaired) electrons. The SMILES string of the molecule is COc1ccccc1NC(=O)Cn1ccn(Cc2ccccc2)c(=O)c1=O. The number of carbonyl (C=O) groups is 1. The number of ether oxygens (including phenoxy) is 1. The summed E-state index contributed by atoms with van der Waals surface area (Å²) in [4.78, 5) is 36.9. The first-order valence-electron chi connectivity index (χ1n) is 8.35. The molecule has 0 bridgehead atoms. The molecule has 138 valence electrons.